The first kappa shape index (κ1) is 46.6. The van der Waals surface area contributed by atoms with Gasteiger partial charge in [0.1, 0.15) is 0 Å². The van der Waals surface area contributed by atoms with Crippen molar-refractivity contribution in [1.29, 1.82) is 0 Å². The molecule has 0 aromatic heterocycles. The van der Waals surface area contributed by atoms with Gasteiger partial charge in [0.25, 0.3) is 0 Å². The van der Waals surface area contributed by atoms with Crippen LogP contribution in [0.25, 0.3) is 21.5 Å². The van der Waals surface area contributed by atoms with Crippen LogP contribution in [0.4, 0.5) is 0 Å². The lowest BCUT2D eigenvalue weighted by molar-refractivity contribution is 0.400. The van der Waals surface area contributed by atoms with E-state index in [0.717, 1.165) is 11.8 Å². The van der Waals surface area contributed by atoms with Gasteiger partial charge in [0.2, 0.25) is 0 Å². The van der Waals surface area contributed by atoms with Gasteiger partial charge < -0.3 is 0 Å². The fourth-order valence-electron chi connectivity index (χ4n) is 9.43. The SMILES string of the molecule is CCCCCCCCCCC(CCCCCCCC)Cc1ccc2cc3ccccc3c(CC(CCCCCCCC)CCCCCCCCCC)c2c1. The van der Waals surface area contributed by atoms with Crippen LogP contribution in [-0.2, 0) is 12.8 Å². The molecule has 0 nitrogen and oxygen atoms in total. The van der Waals surface area contributed by atoms with E-state index in [1.807, 2.05) is 0 Å². The zero-order chi connectivity index (χ0) is 38.3. The van der Waals surface area contributed by atoms with Gasteiger partial charge in [-0.15, -0.1) is 0 Å². The predicted molar refractivity (Wildman–Crippen MR) is 246 cm³/mol. The summed E-state index contributed by atoms with van der Waals surface area (Å²) in [6, 6.07) is 19.5. The van der Waals surface area contributed by atoms with Gasteiger partial charge in [-0.25, -0.2) is 0 Å². The zero-order valence-corrected chi connectivity index (χ0v) is 36.8. The van der Waals surface area contributed by atoms with Gasteiger partial charge in [-0.1, -0.05) is 276 Å². The van der Waals surface area contributed by atoms with E-state index >= 15 is 0 Å². The summed E-state index contributed by atoms with van der Waals surface area (Å²) in [5.74, 6) is 1.64. The molecule has 0 fully saturated rings. The average molecular weight is 739 g/mol. The summed E-state index contributed by atoms with van der Waals surface area (Å²) in [6.07, 6.45) is 47.9. The van der Waals surface area contributed by atoms with E-state index in [1.165, 1.54) is 234 Å². The predicted octanol–water partition coefficient (Wildman–Crippen LogP) is 18.9. The van der Waals surface area contributed by atoms with E-state index < -0.39 is 0 Å². The Morgan fingerprint density at radius 3 is 1.15 bits per heavy atom. The number of hydrogen-bond acceptors (Lipinski definition) is 0. The van der Waals surface area contributed by atoms with E-state index in [9.17, 15) is 0 Å². The normalized spacial score (nSPS) is 13.0. The molecule has 3 rings (SSSR count). The molecular formula is C54H90. The van der Waals surface area contributed by atoms with Crippen LogP contribution in [-0.4, -0.2) is 0 Å². The monoisotopic (exact) mass is 739 g/mol. The van der Waals surface area contributed by atoms with Crippen LogP contribution in [0.15, 0.2) is 48.5 Å². The minimum absolute atomic E-state index is 0.802. The molecule has 0 amide bonds. The third-order valence-electron chi connectivity index (χ3n) is 12.9. The molecule has 0 spiro atoms. The molecule has 0 N–H and O–H groups in total. The summed E-state index contributed by atoms with van der Waals surface area (Å²) in [6.45, 7) is 9.34. The lowest BCUT2D eigenvalue weighted by Gasteiger charge is -2.21. The first-order valence-corrected chi connectivity index (χ1v) is 24.6. The van der Waals surface area contributed by atoms with Crippen LogP contribution in [0.5, 0.6) is 0 Å². The number of rotatable bonds is 36. The van der Waals surface area contributed by atoms with Crippen LogP contribution >= 0.6 is 0 Å². The highest BCUT2D eigenvalue weighted by Crippen LogP contribution is 2.35. The third kappa shape index (κ3) is 19.9. The first-order chi connectivity index (χ1) is 26.7. The van der Waals surface area contributed by atoms with E-state index in [4.69, 9.17) is 0 Å². The highest BCUT2D eigenvalue weighted by molar-refractivity contribution is 6.02. The van der Waals surface area contributed by atoms with Crippen molar-refractivity contribution in [3.8, 4) is 0 Å². The van der Waals surface area contributed by atoms with Gasteiger partial charge in [-0.3, -0.25) is 0 Å². The quantitative estimate of drug-likeness (QED) is 0.0412. The second-order valence-electron chi connectivity index (χ2n) is 17.9. The molecule has 0 radical (unpaired) electrons. The number of hydrogen-bond donors (Lipinski definition) is 0. The van der Waals surface area contributed by atoms with Crippen molar-refractivity contribution >= 4 is 21.5 Å². The first-order valence-electron chi connectivity index (χ1n) is 24.6. The van der Waals surface area contributed by atoms with Crippen LogP contribution in [0.2, 0.25) is 0 Å². The van der Waals surface area contributed by atoms with E-state index in [1.54, 1.807) is 16.5 Å². The van der Waals surface area contributed by atoms with Crippen LogP contribution in [0.1, 0.15) is 244 Å². The summed E-state index contributed by atoms with van der Waals surface area (Å²) in [7, 11) is 0. The zero-order valence-electron chi connectivity index (χ0n) is 36.8. The summed E-state index contributed by atoms with van der Waals surface area (Å²) < 4.78 is 0. The molecule has 0 aliphatic heterocycles. The Hall–Kier alpha value is -1.82. The fourth-order valence-corrected chi connectivity index (χ4v) is 9.43. The molecule has 3 aromatic rings. The Morgan fingerprint density at radius 1 is 0.333 bits per heavy atom. The Bertz CT molecular complexity index is 1300. The lowest BCUT2D eigenvalue weighted by atomic mass is 9.83. The average Bonchev–Trinajstić information content (AvgIpc) is 3.19. The molecule has 0 saturated carbocycles. The van der Waals surface area contributed by atoms with Crippen molar-refractivity contribution in [2.45, 2.75) is 246 Å². The van der Waals surface area contributed by atoms with E-state index in [0.29, 0.717) is 0 Å². The highest BCUT2D eigenvalue weighted by Gasteiger charge is 2.17. The van der Waals surface area contributed by atoms with Gasteiger partial charge in [0.05, 0.1) is 0 Å². The maximum absolute atomic E-state index is 2.68. The number of fused-ring (bicyclic) bond motifs is 2. The van der Waals surface area contributed by atoms with Crippen molar-refractivity contribution in [2.75, 3.05) is 0 Å². The Balaban J connectivity index is 1.76. The van der Waals surface area contributed by atoms with Crippen molar-refractivity contribution in [1.82, 2.24) is 0 Å². The molecule has 0 aliphatic rings. The molecule has 0 heteroatoms. The summed E-state index contributed by atoms with van der Waals surface area (Å²) in [5.41, 5.74) is 3.26. The molecule has 54 heavy (non-hydrogen) atoms. The Kier molecular flexibility index (Phi) is 27.0. The molecule has 2 unspecified atom stereocenters. The van der Waals surface area contributed by atoms with Gasteiger partial charge in [0.15, 0.2) is 0 Å². The van der Waals surface area contributed by atoms with Crippen molar-refractivity contribution in [3.05, 3.63) is 59.7 Å². The fraction of sp³-hybridized carbons (Fsp3) is 0.741. The van der Waals surface area contributed by atoms with Crippen LogP contribution < -0.4 is 0 Å². The topological polar surface area (TPSA) is 0 Å². The highest BCUT2D eigenvalue weighted by atomic mass is 14.2. The van der Waals surface area contributed by atoms with Gasteiger partial charge >= 0.3 is 0 Å². The van der Waals surface area contributed by atoms with E-state index in [-0.39, 0.29) is 0 Å². The summed E-state index contributed by atoms with van der Waals surface area (Å²) in [5, 5.41) is 6.00. The van der Waals surface area contributed by atoms with Gasteiger partial charge in [-0.05, 0) is 63.4 Å². The number of benzene rings is 3. The van der Waals surface area contributed by atoms with Crippen LogP contribution in [0, 0.1) is 11.8 Å². The smallest absolute Gasteiger partial charge is 0.0143 e. The lowest BCUT2D eigenvalue weighted by Crippen LogP contribution is -2.08. The molecule has 0 heterocycles. The largest absolute Gasteiger partial charge is 0.0654 e. The molecule has 2 atom stereocenters. The standard InChI is InChI=1S/C54H90/c1-5-9-13-17-21-23-27-30-36-47(35-29-25-19-15-11-7-3)43-49-41-42-51-46-50-39-33-34-40-52(50)54(53(51)45-49)44-48(37-31-26-20-16-12-8-4)38-32-28-24-22-18-14-10-6-2/h33-34,39-42,45-48H,5-32,35-38,43-44H2,1-4H3. The second kappa shape index (κ2) is 31.3. The molecular weight excluding hydrogens is 649 g/mol. The summed E-state index contributed by atoms with van der Waals surface area (Å²) in [4.78, 5) is 0. The van der Waals surface area contributed by atoms with Crippen LogP contribution in [0.3, 0.4) is 0 Å². The second-order valence-corrected chi connectivity index (χ2v) is 17.9. The van der Waals surface area contributed by atoms with Crippen molar-refractivity contribution in [2.24, 2.45) is 11.8 Å². The molecule has 3 aromatic carbocycles. The maximum Gasteiger partial charge on any atom is -0.0143 e. The molecule has 0 saturated heterocycles. The van der Waals surface area contributed by atoms with Crippen molar-refractivity contribution < 1.29 is 0 Å². The maximum atomic E-state index is 2.68. The Morgan fingerprint density at radius 2 is 0.704 bits per heavy atom. The minimum Gasteiger partial charge on any atom is -0.0654 e. The van der Waals surface area contributed by atoms with Gasteiger partial charge in [0, 0.05) is 0 Å². The minimum atomic E-state index is 0.802. The molecule has 0 aliphatic carbocycles. The Labute approximate surface area is 337 Å². The molecule has 0 bridgehead atoms. The number of unbranched alkanes of at least 4 members (excludes halogenated alkanes) is 24. The van der Waals surface area contributed by atoms with E-state index in [2.05, 4.69) is 76.2 Å². The van der Waals surface area contributed by atoms with Crippen molar-refractivity contribution in [3.63, 3.8) is 0 Å². The third-order valence-corrected chi connectivity index (χ3v) is 12.9. The van der Waals surface area contributed by atoms with Gasteiger partial charge in [-0.2, -0.15) is 0 Å². The molecule has 306 valence electrons. The summed E-state index contributed by atoms with van der Waals surface area (Å²) >= 11 is 0.